The van der Waals surface area contributed by atoms with Gasteiger partial charge in [0.05, 0.1) is 13.2 Å². The third-order valence-corrected chi connectivity index (χ3v) is 4.34. The maximum atomic E-state index is 12.3. The first-order valence-corrected chi connectivity index (χ1v) is 8.58. The number of benzene rings is 2. The molecule has 1 saturated heterocycles. The monoisotopic (exact) mass is 324 g/mol. The van der Waals surface area contributed by atoms with Crippen LogP contribution in [0.5, 0.6) is 5.75 Å². The molecule has 3 rings (SSSR count). The summed E-state index contributed by atoms with van der Waals surface area (Å²) >= 11 is 0. The molecule has 1 aliphatic rings. The van der Waals surface area contributed by atoms with Crippen molar-refractivity contribution in [2.75, 3.05) is 25.0 Å². The van der Waals surface area contributed by atoms with Crippen LogP contribution in [0.4, 0.5) is 5.69 Å². The van der Waals surface area contributed by atoms with Crippen LogP contribution in [0, 0.1) is 0 Å². The summed E-state index contributed by atoms with van der Waals surface area (Å²) in [6.07, 6.45) is 2.21. The molecule has 2 aromatic carbocycles. The summed E-state index contributed by atoms with van der Waals surface area (Å²) in [5, 5.41) is 2.97. The first-order valence-electron chi connectivity index (χ1n) is 8.58. The van der Waals surface area contributed by atoms with Crippen LogP contribution in [-0.2, 0) is 4.79 Å². The highest BCUT2D eigenvalue weighted by atomic mass is 16.5. The number of rotatable bonds is 6. The van der Waals surface area contributed by atoms with Crippen LogP contribution >= 0.6 is 0 Å². The van der Waals surface area contributed by atoms with E-state index < -0.39 is 0 Å². The third kappa shape index (κ3) is 4.15. The lowest BCUT2D eigenvalue weighted by atomic mass is 10.0. The van der Waals surface area contributed by atoms with Crippen molar-refractivity contribution in [3.8, 4) is 5.75 Å². The minimum Gasteiger partial charge on any atom is -0.494 e. The first kappa shape index (κ1) is 16.5. The average molecular weight is 324 g/mol. The van der Waals surface area contributed by atoms with Gasteiger partial charge in [-0.3, -0.25) is 9.69 Å². The van der Waals surface area contributed by atoms with Gasteiger partial charge in [0.2, 0.25) is 5.91 Å². The average Bonchev–Trinajstić information content (AvgIpc) is 3.05. The van der Waals surface area contributed by atoms with Crippen molar-refractivity contribution < 1.29 is 9.53 Å². The number of likely N-dealkylation sites (tertiary alicyclic amines) is 1. The predicted octanol–water partition coefficient (Wildman–Crippen LogP) is 3.86. The van der Waals surface area contributed by atoms with Gasteiger partial charge in [0.1, 0.15) is 5.75 Å². The zero-order chi connectivity index (χ0) is 16.8. The van der Waals surface area contributed by atoms with Gasteiger partial charge < -0.3 is 10.1 Å². The van der Waals surface area contributed by atoms with Crippen LogP contribution in [0.2, 0.25) is 0 Å². The maximum absolute atomic E-state index is 12.3. The largest absolute Gasteiger partial charge is 0.494 e. The van der Waals surface area contributed by atoms with E-state index in [1.807, 2.05) is 49.4 Å². The minimum atomic E-state index is 0.0408. The molecule has 0 spiro atoms. The highest BCUT2D eigenvalue weighted by molar-refractivity contribution is 5.92. The molecule has 1 heterocycles. The van der Waals surface area contributed by atoms with Crippen LogP contribution in [0.15, 0.2) is 54.6 Å². The predicted molar refractivity (Wildman–Crippen MR) is 96.2 cm³/mol. The SMILES string of the molecule is CCOc1ccc([C@H]2CCCN2CC(=O)Nc2ccccc2)cc1. The molecule has 0 unspecified atom stereocenters. The fourth-order valence-corrected chi connectivity index (χ4v) is 3.25. The van der Waals surface area contributed by atoms with Gasteiger partial charge in [0, 0.05) is 11.7 Å². The number of nitrogens with one attached hydrogen (secondary N) is 1. The number of carbonyl (C=O) groups excluding carboxylic acids is 1. The quantitative estimate of drug-likeness (QED) is 0.877. The molecule has 4 nitrogen and oxygen atoms in total. The summed E-state index contributed by atoms with van der Waals surface area (Å²) in [5.41, 5.74) is 2.10. The van der Waals surface area contributed by atoms with Crippen LogP contribution in [0.3, 0.4) is 0 Å². The normalized spacial score (nSPS) is 17.6. The number of amides is 1. The number of ether oxygens (including phenoxy) is 1. The van der Waals surface area contributed by atoms with E-state index in [0.717, 1.165) is 30.8 Å². The van der Waals surface area contributed by atoms with Crippen LogP contribution in [-0.4, -0.2) is 30.5 Å². The molecular weight excluding hydrogens is 300 g/mol. The van der Waals surface area contributed by atoms with Crippen molar-refractivity contribution in [3.63, 3.8) is 0 Å². The van der Waals surface area contributed by atoms with E-state index in [4.69, 9.17) is 4.74 Å². The van der Waals surface area contributed by atoms with Crippen molar-refractivity contribution in [1.82, 2.24) is 4.90 Å². The number of hydrogen-bond acceptors (Lipinski definition) is 3. The molecule has 1 amide bonds. The highest BCUT2D eigenvalue weighted by Crippen LogP contribution is 2.32. The van der Waals surface area contributed by atoms with E-state index in [0.29, 0.717) is 19.2 Å². The zero-order valence-electron chi connectivity index (χ0n) is 14.1. The van der Waals surface area contributed by atoms with Gasteiger partial charge >= 0.3 is 0 Å². The molecule has 1 fully saturated rings. The summed E-state index contributed by atoms with van der Waals surface area (Å²) in [7, 11) is 0. The standard InChI is InChI=1S/C20H24N2O2/c1-2-24-18-12-10-16(11-13-18)19-9-6-14-22(19)15-20(23)21-17-7-4-3-5-8-17/h3-5,7-8,10-13,19H,2,6,9,14-15H2,1H3,(H,21,23)/t19-/m1/s1. The molecule has 1 aliphatic heterocycles. The molecule has 0 bridgehead atoms. The van der Waals surface area contributed by atoms with Gasteiger partial charge in [0.25, 0.3) is 0 Å². The molecule has 24 heavy (non-hydrogen) atoms. The minimum absolute atomic E-state index is 0.0408. The first-order chi connectivity index (χ1) is 11.8. The van der Waals surface area contributed by atoms with E-state index in [9.17, 15) is 4.79 Å². The Balaban J connectivity index is 1.61. The van der Waals surface area contributed by atoms with Gasteiger partial charge in [-0.2, -0.15) is 0 Å². The summed E-state index contributed by atoms with van der Waals surface area (Å²) in [5.74, 6) is 0.937. The lowest BCUT2D eigenvalue weighted by Crippen LogP contribution is -2.32. The van der Waals surface area contributed by atoms with Crippen LogP contribution in [0.25, 0.3) is 0 Å². The van der Waals surface area contributed by atoms with E-state index in [2.05, 4.69) is 22.3 Å². The lowest BCUT2D eigenvalue weighted by Gasteiger charge is -2.24. The van der Waals surface area contributed by atoms with Crippen molar-refractivity contribution >= 4 is 11.6 Å². The van der Waals surface area contributed by atoms with E-state index in [1.165, 1.54) is 5.56 Å². The maximum Gasteiger partial charge on any atom is 0.238 e. The molecule has 1 atom stereocenters. The second kappa shape index (κ2) is 7.97. The van der Waals surface area contributed by atoms with Crippen LogP contribution in [0.1, 0.15) is 31.4 Å². The van der Waals surface area contributed by atoms with Crippen LogP contribution < -0.4 is 10.1 Å². The lowest BCUT2D eigenvalue weighted by molar-refractivity contribution is -0.117. The van der Waals surface area contributed by atoms with Crippen molar-refractivity contribution in [2.24, 2.45) is 0 Å². The molecular formula is C20H24N2O2. The molecule has 1 N–H and O–H groups in total. The Morgan fingerprint density at radius 1 is 1.17 bits per heavy atom. The Bertz CT molecular complexity index is 655. The Hall–Kier alpha value is -2.33. The van der Waals surface area contributed by atoms with Gasteiger partial charge in [-0.05, 0) is 56.1 Å². The second-order valence-electron chi connectivity index (χ2n) is 6.04. The molecule has 0 radical (unpaired) electrons. The molecule has 0 aromatic heterocycles. The molecule has 0 aliphatic carbocycles. The Labute approximate surface area is 143 Å². The number of nitrogens with zero attached hydrogens (tertiary/aromatic N) is 1. The van der Waals surface area contributed by atoms with Gasteiger partial charge in [-0.25, -0.2) is 0 Å². The van der Waals surface area contributed by atoms with E-state index >= 15 is 0 Å². The fourth-order valence-electron chi connectivity index (χ4n) is 3.25. The summed E-state index contributed by atoms with van der Waals surface area (Å²) in [6.45, 7) is 4.04. The van der Waals surface area contributed by atoms with Crippen molar-refractivity contribution in [1.29, 1.82) is 0 Å². The highest BCUT2D eigenvalue weighted by Gasteiger charge is 2.27. The number of hydrogen-bond donors (Lipinski definition) is 1. The van der Waals surface area contributed by atoms with Gasteiger partial charge in [0.15, 0.2) is 0 Å². The van der Waals surface area contributed by atoms with Gasteiger partial charge in [-0.1, -0.05) is 30.3 Å². The Morgan fingerprint density at radius 3 is 2.62 bits per heavy atom. The molecule has 4 heteroatoms. The Morgan fingerprint density at radius 2 is 1.92 bits per heavy atom. The summed E-state index contributed by atoms with van der Waals surface area (Å²) < 4.78 is 5.50. The van der Waals surface area contributed by atoms with Crippen molar-refractivity contribution in [3.05, 3.63) is 60.2 Å². The zero-order valence-corrected chi connectivity index (χ0v) is 14.1. The smallest absolute Gasteiger partial charge is 0.238 e. The fraction of sp³-hybridized carbons (Fsp3) is 0.350. The number of carbonyl (C=O) groups is 1. The number of para-hydroxylation sites is 1. The Kier molecular flexibility index (Phi) is 5.49. The second-order valence-corrected chi connectivity index (χ2v) is 6.04. The molecule has 0 saturated carbocycles. The number of anilines is 1. The summed E-state index contributed by atoms with van der Waals surface area (Å²) in [4.78, 5) is 14.6. The summed E-state index contributed by atoms with van der Waals surface area (Å²) in [6, 6.07) is 18.2. The topological polar surface area (TPSA) is 41.6 Å². The molecule has 126 valence electrons. The van der Waals surface area contributed by atoms with E-state index in [-0.39, 0.29) is 5.91 Å². The van der Waals surface area contributed by atoms with Crippen molar-refractivity contribution in [2.45, 2.75) is 25.8 Å². The van der Waals surface area contributed by atoms with Gasteiger partial charge in [-0.15, -0.1) is 0 Å². The third-order valence-electron chi connectivity index (χ3n) is 4.34. The van der Waals surface area contributed by atoms with E-state index in [1.54, 1.807) is 0 Å². The molecule has 2 aromatic rings.